The third-order valence-corrected chi connectivity index (χ3v) is 2.57. The first kappa shape index (κ1) is 12.6. The van der Waals surface area contributed by atoms with Gasteiger partial charge in [-0.1, -0.05) is 25.1 Å². The highest BCUT2D eigenvalue weighted by atomic mass is 16.5. The third-order valence-electron chi connectivity index (χ3n) is 2.57. The van der Waals surface area contributed by atoms with Gasteiger partial charge in [-0.2, -0.15) is 0 Å². The maximum Gasteiger partial charge on any atom is 0.253 e. The van der Waals surface area contributed by atoms with E-state index in [0.717, 1.165) is 17.7 Å². The number of hydrogen-bond acceptors (Lipinski definition) is 5. The van der Waals surface area contributed by atoms with E-state index in [1.807, 2.05) is 38.1 Å². The van der Waals surface area contributed by atoms with Crippen LogP contribution in [0.25, 0.3) is 0 Å². The molecule has 5 heteroatoms. The fourth-order valence-corrected chi connectivity index (χ4v) is 1.62. The molecule has 2 N–H and O–H groups in total. The van der Waals surface area contributed by atoms with Gasteiger partial charge in [0.1, 0.15) is 5.75 Å². The molecule has 0 aliphatic rings. The summed E-state index contributed by atoms with van der Waals surface area (Å²) in [7, 11) is 0. The zero-order valence-electron chi connectivity index (χ0n) is 10.6. The topological polar surface area (TPSA) is 74.2 Å². The van der Waals surface area contributed by atoms with Gasteiger partial charge < -0.3 is 14.9 Å². The largest absolute Gasteiger partial charge is 0.483 e. The lowest BCUT2D eigenvalue weighted by Gasteiger charge is -2.12. The van der Waals surface area contributed by atoms with Crippen LogP contribution in [0.2, 0.25) is 0 Å². The van der Waals surface area contributed by atoms with E-state index in [1.165, 1.54) is 0 Å². The number of benzene rings is 1. The minimum Gasteiger partial charge on any atom is -0.483 e. The summed E-state index contributed by atoms with van der Waals surface area (Å²) in [6.07, 6.45) is 0.726. The van der Waals surface area contributed by atoms with Crippen LogP contribution in [-0.4, -0.2) is 10.2 Å². The molecule has 0 unspecified atom stereocenters. The number of rotatable bonds is 5. The molecule has 0 saturated heterocycles. The van der Waals surface area contributed by atoms with Gasteiger partial charge in [0.25, 0.3) is 5.89 Å². The summed E-state index contributed by atoms with van der Waals surface area (Å²) in [4.78, 5) is 0. The highest BCUT2D eigenvalue weighted by Crippen LogP contribution is 2.23. The van der Waals surface area contributed by atoms with Gasteiger partial charge in [0, 0.05) is 18.0 Å². The third kappa shape index (κ3) is 2.87. The summed E-state index contributed by atoms with van der Waals surface area (Å²) in [6.45, 7) is 4.14. The molecule has 0 bridgehead atoms. The average Bonchev–Trinajstić information content (AvgIpc) is 2.84. The molecule has 0 aliphatic carbocycles. The molecule has 0 saturated carbocycles. The van der Waals surface area contributed by atoms with Crippen LogP contribution in [0.15, 0.2) is 28.7 Å². The van der Waals surface area contributed by atoms with Crippen molar-refractivity contribution in [1.29, 1.82) is 0 Å². The lowest BCUT2D eigenvalue weighted by atomic mass is 10.1. The van der Waals surface area contributed by atoms with Gasteiger partial charge in [0.2, 0.25) is 5.89 Å². The van der Waals surface area contributed by atoms with Crippen molar-refractivity contribution >= 4 is 0 Å². The Morgan fingerprint density at radius 3 is 2.67 bits per heavy atom. The molecule has 0 amide bonds. The first-order valence-electron chi connectivity index (χ1n) is 5.99. The molecule has 1 heterocycles. The standard InChI is InChI=1S/C13H17N3O2/c1-3-12-15-16-13(18-12)8-17-11-7-5-4-6-10(11)9(2)14/h4-7,9H,3,8,14H2,1-2H3/t9-/m1/s1. The summed E-state index contributed by atoms with van der Waals surface area (Å²) in [5, 5.41) is 7.79. The van der Waals surface area contributed by atoms with Gasteiger partial charge in [-0.3, -0.25) is 0 Å². The van der Waals surface area contributed by atoms with Crippen LogP contribution in [0.3, 0.4) is 0 Å². The second-order valence-electron chi connectivity index (χ2n) is 4.06. The van der Waals surface area contributed by atoms with Gasteiger partial charge in [-0.25, -0.2) is 0 Å². The summed E-state index contributed by atoms with van der Waals surface area (Å²) < 4.78 is 11.0. The number of nitrogens with zero attached hydrogens (tertiary/aromatic N) is 2. The maximum absolute atomic E-state index is 5.88. The van der Waals surface area contributed by atoms with E-state index < -0.39 is 0 Å². The molecule has 1 atom stereocenters. The number of aromatic nitrogens is 2. The van der Waals surface area contributed by atoms with Crippen LogP contribution in [0.5, 0.6) is 5.75 Å². The number of aryl methyl sites for hydroxylation is 1. The van der Waals surface area contributed by atoms with Crippen molar-refractivity contribution in [1.82, 2.24) is 10.2 Å². The lowest BCUT2D eigenvalue weighted by Crippen LogP contribution is -2.08. The van der Waals surface area contributed by atoms with Crippen LogP contribution in [0.1, 0.15) is 37.2 Å². The Morgan fingerprint density at radius 1 is 1.28 bits per heavy atom. The summed E-state index contributed by atoms with van der Waals surface area (Å²) >= 11 is 0. The van der Waals surface area contributed by atoms with Crippen LogP contribution >= 0.6 is 0 Å². The van der Waals surface area contributed by atoms with Crippen molar-refractivity contribution in [3.8, 4) is 5.75 Å². The summed E-state index contributed by atoms with van der Waals surface area (Å²) in [6, 6.07) is 7.61. The van der Waals surface area contributed by atoms with Crippen molar-refractivity contribution in [2.45, 2.75) is 32.9 Å². The van der Waals surface area contributed by atoms with Crippen LogP contribution in [0.4, 0.5) is 0 Å². The Hall–Kier alpha value is -1.88. The number of hydrogen-bond donors (Lipinski definition) is 1. The predicted octanol–water partition coefficient (Wildman–Crippen LogP) is 2.23. The lowest BCUT2D eigenvalue weighted by molar-refractivity contribution is 0.256. The molecule has 0 aliphatic heterocycles. The van der Waals surface area contributed by atoms with Crippen LogP contribution in [0, 0.1) is 0 Å². The first-order chi connectivity index (χ1) is 8.70. The van der Waals surface area contributed by atoms with Crippen molar-refractivity contribution in [2.75, 3.05) is 0 Å². The van der Waals surface area contributed by atoms with E-state index in [2.05, 4.69) is 10.2 Å². The molecule has 1 aromatic carbocycles. The SMILES string of the molecule is CCc1nnc(COc2ccccc2[C@@H](C)N)o1. The summed E-state index contributed by atoms with van der Waals surface area (Å²) in [5.41, 5.74) is 6.84. The minimum atomic E-state index is -0.0740. The van der Waals surface area contributed by atoms with Gasteiger partial charge in [-0.15, -0.1) is 10.2 Å². The molecule has 96 valence electrons. The monoisotopic (exact) mass is 247 g/mol. The highest BCUT2D eigenvalue weighted by Gasteiger charge is 2.09. The maximum atomic E-state index is 5.88. The van der Waals surface area contributed by atoms with Crippen LogP contribution < -0.4 is 10.5 Å². The van der Waals surface area contributed by atoms with E-state index in [-0.39, 0.29) is 12.6 Å². The molecule has 2 rings (SSSR count). The highest BCUT2D eigenvalue weighted by molar-refractivity contribution is 5.35. The second kappa shape index (κ2) is 5.64. The zero-order valence-corrected chi connectivity index (χ0v) is 10.6. The predicted molar refractivity (Wildman–Crippen MR) is 67.1 cm³/mol. The van der Waals surface area contributed by atoms with E-state index in [0.29, 0.717) is 11.8 Å². The normalized spacial score (nSPS) is 12.4. The van der Waals surface area contributed by atoms with Crippen molar-refractivity contribution in [3.05, 3.63) is 41.6 Å². The van der Waals surface area contributed by atoms with Gasteiger partial charge >= 0.3 is 0 Å². The molecule has 5 nitrogen and oxygen atoms in total. The Bertz CT molecular complexity index is 508. The van der Waals surface area contributed by atoms with Gasteiger partial charge in [-0.05, 0) is 13.0 Å². The Balaban J connectivity index is 2.05. The minimum absolute atomic E-state index is 0.0740. The number of para-hydroxylation sites is 1. The molecule has 2 aromatic rings. The molecule has 0 radical (unpaired) electrons. The number of nitrogens with two attached hydrogens (primary N) is 1. The fraction of sp³-hybridized carbons (Fsp3) is 0.385. The van der Waals surface area contributed by atoms with E-state index >= 15 is 0 Å². The first-order valence-corrected chi connectivity index (χ1v) is 5.99. The van der Waals surface area contributed by atoms with E-state index in [1.54, 1.807) is 0 Å². The van der Waals surface area contributed by atoms with Crippen molar-refractivity contribution in [2.24, 2.45) is 5.73 Å². The number of ether oxygens (including phenoxy) is 1. The summed E-state index contributed by atoms with van der Waals surface area (Å²) in [5.74, 6) is 1.85. The molecule has 1 aromatic heterocycles. The molecule has 0 fully saturated rings. The molecule has 0 spiro atoms. The van der Waals surface area contributed by atoms with Gasteiger partial charge in [0.15, 0.2) is 6.61 Å². The molecular weight excluding hydrogens is 230 g/mol. The molecular formula is C13H17N3O2. The Morgan fingerprint density at radius 2 is 2.00 bits per heavy atom. The van der Waals surface area contributed by atoms with E-state index in [9.17, 15) is 0 Å². The van der Waals surface area contributed by atoms with Crippen molar-refractivity contribution in [3.63, 3.8) is 0 Å². The quantitative estimate of drug-likeness (QED) is 0.877. The average molecular weight is 247 g/mol. The smallest absolute Gasteiger partial charge is 0.253 e. The van der Waals surface area contributed by atoms with Crippen molar-refractivity contribution < 1.29 is 9.15 Å². The van der Waals surface area contributed by atoms with Gasteiger partial charge in [0.05, 0.1) is 0 Å². The Labute approximate surface area is 106 Å². The Kier molecular flexibility index (Phi) is 3.94. The zero-order chi connectivity index (χ0) is 13.0. The second-order valence-corrected chi connectivity index (χ2v) is 4.06. The molecule has 18 heavy (non-hydrogen) atoms. The fourth-order valence-electron chi connectivity index (χ4n) is 1.62. The van der Waals surface area contributed by atoms with E-state index in [4.69, 9.17) is 14.9 Å². The van der Waals surface area contributed by atoms with Crippen LogP contribution in [-0.2, 0) is 13.0 Å².